The van der Waals surface area contributed by atoms with Crippen LogP contribution < -0.4 is 5.32 Å². The van der Waals surface area contributed by atoms with Crippen LogP contribution >= 0.6 is 35.0 Å². The van der Waals surface area contributed by atoms with Crippen molar-refractivity contribution in [2.45, 2.75) is 70.3 Å². The lowest BCUT2D eigenvalue weighted by Crippen LogP contribution is -2.51. The number of hydrogen-bond acceptors (Lipinski definition) is 3. The number of aryl methyl sites for hydroxylation is 1. The lowest BCUT2D eigenvalue weighted by Gasteiger charge is -2.31. The Morgan fingerprint density at radius 2 is 1.73 bits per heavy atom. The van der Waals surface area contributed by atoms with Gasteiger partial charge in [-0.2, -0.15) is 0 Å². The molecule has 0 heterocycles. The number of benzene rings is 2. The van der Waals surface area contributed by atoms with E-state index < -0.39 is 6.04 Å². The molecule has 0 saturated heterocycles. The van der Waals surface area contributed by atoms with Gasteiger partial charge in [0.25, 0.3) is 0 Å². The number of thioether (sulfide) groups is 1. The maximum atomic E-state index is 13.3. The molecule has 0 unspecified atom stereocenters. The van der Waals surface area contributed by atoms with Crippen LogP contribution in [0.3, 0.4) is 0 Å². The molecule has 0 aliphatic heterocycles. The van der Waals surface area contributed by atoms with Gasteiger partial charge in [-0.25, -0.2) is 0 Å². The predicted octanol–water partition coefficient (Wildman–Crippen LogP) is 6.40. The molecule has 1 saturated carbocycles. The first-order valence-corrected chi connectivity index (χ1v) is 13.5. The maximum absolute atomic E-state index is 13.3. The Hall–Kier alpha value is -1.69. The summed E-state index contributed by atoms with van der Waals surface area (Å²) in [5, 5.41) is 4.22. The molecular formula is C26H32Cl2N2O2S. The minimum absolute atomic E-state index is 0.0333. The number of nitrogens with zero attached hydrogens (tertiary/aromatic N) is 1. The summed E-state index contributed by atoms with van der Waals surface area (Å²) in [5.41, 5.74) is 3.20. The molecule has 1 aliphatic carbocycles. The average molecular weight is 508 g/mol. The van der Waals surface area contributed by atoms with Gasteiger partial charge in [-0.05, 0) is 49.4 Å². The van der Waals surface area contributed by atoms with Crippen molar-refractivity contribution in [3.63, 3.8) is 0 Å². The summed E-state index contributed by atoms with van der Waals surface area (Å²) in [6, 6.07) is 13.4. The number of nitrogens with one attached hydrogen (secondary N) is 1. The van der Waals surface area contributed by atoms with E-state index >= 15 is 0 Å². The molecule has 0 spiro atoms. The van der Waals surface area contributed by atoms with Crippen molar-refractivity contribution >= 4 is 46.8 Å². The van der Waals surface area contributed by atoms with Crippen LogP contribution in [-0.4, -0.2) is 34.6 Å². The summed E-state index contributed by atoms with van der Waals surface area (Å²) in [4.78, 5) is 28.2. The van der Waals surface area contributed by atoms with Crippen molar-refractivity contribution in [1.82, 2.24) is 10.2 Å². The Balaban J connectivity index is 1.69. The zero-order valence-corrected chi connectivity index (χ0v) is 21.6. The van der Waals surface area contributed by atoms with Gasteiger partial charge >= 0.3 is 0 Å². The van der Waals surface area contributed by atoms with Gasteiger partial charge in [0.1, 0.15) is 6.04 Å². The third kappa shape index (κ3) is 7.66. The van der Waals surface area contributed by atoms with Crippen molar-refractivity contribution < 1.29 is 9.59 Å². The van der Waals surface area contributed by atoms with E-state index in [2.05, 4.69) is 5.32 Å². The van der Waals surface area contributed by atoms with Crippen LogP contribution in [0.2, 0.25) is 10.0 Å². The SMILES string of the molecule is CC[C@H](C(=O)NC1CCCC1)N(Cc1ccc(C)cc1)C(=O)CSCc1ccc(Cl)c(Cl)c1. The first kappa shape index (κ1) is 25.9. The number of amides is 2. The van der Waals surface area contributed by atoms with E-state index in [-0.39, 0.29) is 17.9 Å². The second-order valence-electron chi connectivity index (χ2n) is 8.66. The largest absolute Gasteiger partial charge is 0.352 e. The molecule has 2 amide bonds. The van der Waals surface area contributed by atoms with Gasteiger partial charge in [-0.15, -0.1) is 11.8 Å². The number of carbonyl (C=O) groups excluding carboxylic acids is 2. The minimum atomic E-state index is -0.482. The van der Waals surface area contributed by atoms with E-state index in [9.17, 15) is 9.59 Å². The fourth-order valence-corrected chi connectivity index (χ4v) is 5.32. The smallest absolute Gasteiger partial charge is 0.243 e. The molecule has 0 aromatic heterocycles. The van der Waals surface area contributed by atoms with Gasteiger partial charge in [0, 0.05) is 18.3 Å². The summed E-state index contributed by atoms with van der Waals surface area (Å²) in [7, 11) is 0. The quantitative estimate of drug-likeness (QED) is 0.405. The van der Waals surface area contributed by atoms with E-state index in [1.165, 1.54) is 17.3 Å². The van der Waals surface area contributed by atoms with E-state index in [0.717, 1.165) is 36.8 Å². The van der Waals surface area contributed by atoms with Gasteiger partial charge in [-0.3, -0.25) is 9.59 Å². The highest BCUT2D eigenvalue weighted by atomic mass is 35.5. The summed E-state index contributed by atoms with van der Waals surface area (Å²) in [6.07, 6.45) is 4.92. The molecule has 7 heteroatoms. The third-order valence-corrected chi connectivity index (χ3v) is 7.77. The highest BCUT2D eigenvalue weighted by Crippen LogP contribution is 2.25. The Morgan fingerprint density at radius 3 is 2.36 bits per heavy atom. The van der Waals surface area contributed by atoms with E-state index in [0.29, 0.717) is 34.5 Å². The maximum Gasteiger partial charge on any atom is 0.243 e. The number of hydrogen-bond donors (Lipinski definition) is 1. The molecule has 1 atom stereocenters. The third-order valence-electron chi connectivity index (χ3n) is 6.04. The van der Waals surface area contributed by atoms with Gasteiger partial charge in [0.15, 0.2) is 0 Å². The zero-order chi connectivity index (χ0) is 23.8. The summed E-state index contributed by atoms with van der Waals surface area (Å²) < 4.78 is 0. The molecule has 1 fully saturated rings. The second-order valence-corrected chi connectivity index (χ2v) is 10.5. The highest BCUT2D eigenvalue weighted by molar-refractivity contribution is 7.99. The Labute approximate surface area is 211 Å². The molecule has 0 radical (unpaired) electrons. The lowest BCUT2D eigenvalue weighted by atomic mass is 10.1. The van der Waals surface area contributed by atoms with Crippen molar-refractivity contribution in [2.24, 2.45) is 0 Å². The van der Waals surface area contributed by atoms with Crippen LogP contribution in [0.4, 0.5) is 0 Å². The molecule has 3 rings (SSSR count). The molecule has 2 aromatic rings. The first-order chi connectivity index (χ1) is 15.9. The normalized spacial score (nSPS) is 14.8. The van der Waals surface area contributed by atoms with Crippen LogP contribution in [0.15, 0.2) is 42.5 Å². The number of rotatable bonds is 10. The molecule has 2 aromatic carbocycles. The van der Waals surface area contributed by atoms with Crippen molar-refractivity contribution in [1.29, 1.82) is 0 Å². The summed E-state index contributed by atoms with van der Waals surface area (Å²) >= 11 is 13.6. The topological polar surface area (TPSA) is 49.4 Å². The van der Waals surface area contributed by atoms with Crippen LogP contribution in [0, 0.1) is 6.92 Å². The van der Waals surface area contributed by atoms with Crippen LogP contribution in [0.25, 0.3) is 0 Å². The molecule has 1 N–H and O–H groups in total. The van der Waals surface area contributed by atoms with Gasteiger partial charge in [0.05, 0.1) is 15.8 Å². The first-order valence-electron chi connectivity index (χ1n) is 11.5. The molecule has 4 nitrogen and oxygen atoms in total. The second kappa shape index (κ2) is 12.7. The monoisotopic (exact) mass is 506 g/mol. The van der Waals surface area contributed by atoms with Crippen molar-refractivity contribution in [3.8, 4) is 0 Å². The molecule has 1 aliphatic rings. The lowest BCUT2D eigenvalue weighted by molar-refractivity contribution is -0.139. The van der Waals surface area contributed by atoms with Crippen molar-refractivity contribution in [2.75, 3.05) is 5.75 Å². The molecule has 0 bridgehead atoms. The van der Waals surface area contributed by atoms with Gasteiger partial charge in [0.2, 0.25) is 11.8 Å². The fourth-order valence-electron chi connectivity index (χ4n) is 4.15. The summed E-state index contributed by atoms with van der Waals surface area (Å²) in [6.45, 7) is 4.43. The van der Waals surface area contributed by atoms with E-state index in [4.69, 9.17) is 23.2 Å². The van der Waals surface area contributed by atoms with Crippen LogP contribution in [0.5, 0.6) is 0 Å². The van der Waals surface area contributed by atoms with Gasteiger partial charge in [-0.1, -0.05) is 78.9 Å². The molecule has 178 valence electrons. The van der Waals surface area contributed by atoms with Crippen LogP contribution in [0.1, 0.15) is 55.7 Å². The number of carbonyl (C=O) groups is 2. The Morgan fingerprint density at radius 1 is 1.06 bits per heavy atom. The number of halogens is 2. The minimum Gasteiger partial charge on any atom is -0.352 e. The average Bonchev–Trinajstić information content (AvgIpc) is 3.30. The Bertz CT molecular complexity index is 946. The summed E-state index contributed by atoms with van der Waals surface area (Å²) in [5.74, 6) is 0.860. The fraction of sp³-hybridized carbons (Fsp3) is 0.462. The molecular weight excluding hydrogens is 475 g/mol. The molecule has 33 heavy (non-hydrogen) atoms. The standard InChI is InChI=1S/C26H32Cl2N2O2S/c1-3-24(26(32)29-21-6-4-5-7-21)30(15-19-10-8-18(2)9-11-19)25(31)17-33-16-20-12-13-22(27)23(28)14-20/h8-14,21,24H,3-7,15-17H2,1-2H3,(H,29,32)/t24-/m1/s1. The van der Waals surface area contributed by atoms with E-state index in [1.54, 1.807) is 11.0 Å². The Kier molecular flexibility index (Phi) is 9.96. The zero-order valence-electron chi connectivity index (χ0n) is 19.3. The van der Waals surface area contributed by atoms with E-state index in [1.807, 2.05) is 50.2 Å². The predicted molar refractivity (Wildman–Crippen MR) is 139 cm³/mol. The van der Waals surface area contributed by atoms with Crippen molar-refractivity contribution in [3.05, 3.63) is 69.2 Å². The van der Waals surface area contributed by atoms with Gasteiger partial charge < -0.3 is 10.2 Å². The van der Waals surface area contributed by atoms with Crippen LogP contribution in [-0.2, 0) is 21.9 Å². The highest BCUT2D eigenvalue weighted by Gasteiger charge is 2.30.